The van der Waals surface area contributed by atoms with Crippen LogP contribution in [-0.4, -0.2) is 78.5 Å². The maximum absolute atomic E-state index is 14.5. The molecule has 55 heavy (non-hydrogen) atoms. The lowest BCUT2D eigenvalue weighted by Gasteiger charge is -2.29. The van der Waals surface area contributed by atoms with Crippen molar-refractivity contribution in [3.63, 3.8) is 0 Å². The molecule has 10 N–H and O–H groups in total. The first-order chi connectivity index (χ1) is 26.5. The summed E-state index contributed by atoms with van der Waals surface area (Å²) >= 11 is 0. The van der Waals surface area contributed by atoms with Crippen molar-refractivity contribution in [3.8, 4) is 11.5 Å². The largest absolute Gasteiger partial charge is 0.508 e. The van der Waals surface area contributed by atoms with Crippen LogP contribution in [-0.2, 0) is 34.0 Å². The lowest BCUT2D eigenvalue weighted by atomic mass is 10.0. The Labute approximate surface area is 318 Å². The van der Waals surface area contributed by atoms with Gasteiger partial charge in [-0.05, 0) is 54.6 Å². The fraction of sp³-hybridized carbons (Fsp3) is 0.395. The molecule has 296 valence electrons. The number of guanidine groups is 1. The summed E-state index contributed by atoms with van der Waals surface area (Å²) in [5, 5.41) is 22.8. The molecule has 3 aromatic carbocycles. The van der Waals surface area contributed by atoms with Crippen LogP contribution in [0.15, 0.2) is 65.7 Å². The van der Waals surface area contributed by atoms with E-state index in [2.05, 4.69) is 31.6 Å². The van der Waals surface area contributed by atoms with Gasteiger partial charge < -0.3 is 47.9 Å². The number of carbonyl (C=O) groups is 4. The third kappa shape index (κ3) is 12.9. The first-order valence-electron chi connectivity index (χ1n) is 18.1. The van der Waals surface area contributed by atoms with Crippen LogP contribution in [0, 0.1) is 11.6 Å². The topological polar surface area (TPSA) is 226 Å². The number of hydrogen-bond donors (Lipinski definition) is 8. The maximum Gasteiger partial charge on any atom is 0.344 e. The number of benzene rings is 3. The van der Waals surface area contributed by atoms with Crippen molar-refractivity contribution in [2.24, 2.45) is 16.5 Å². The number of nitrogens with two attached hydrogens (primary N) is 2. The van der Waals surface area contributed by atoms with Gasteiger partial charge in [0.15, 0.2) is 5.96 Å². The summed E-state index contributed by atoms with van der Waals surface area (Å²) in [5.74, 6) is -3.61. The van der Waals surface area contributed by atoms with Crippen molar-refractivity contribution < 1.29 is 37.8 Å². The number of aromatic hydroxyl groups is 1. The van der Waals surface area contributed by atoms with Crippen LogP contribution in [0.25, 0.3) is 0 Å². The number of urea groups is 1. The van der Waals surface area contributed by atoms with Crippen molar-refractivity contribution in [3.05, 3.63) is 94.6 Å². The quantitative estimate of drug-likeness (QED) is 0.0505. The lowest BCUT2D eigenvalue weighted by molar-refractivity contribution is -0.132. The molecule has 0 bridgehead atoms. The van der Waals surface area contributed by atoms with E-state index in [-0.39, 0.29) is 44.3 Å². The molecule has 1 aliphatic heterocycles. The molecule has 2 atom stereocenters. The predicted octanol–water partition coefficient (Wildman–Crippen LogP) is 2.18. The molecule has 17 heteroatoms. The van der Waals surface area contributed by atoms with E-state index < -0.39 is 59.4 Å². The first kappa shape index (κ1) is 41.9. The van der Waals surface area contributed by atoms with Gasteiger partial charge in [0.25, 0.3) is 0 Å². The first-order valence-corrected chi connectivity index (χ1v) is 18.1. The molecular formula is C38H49F2N9O6. The van der Waals surface area contributed by atoms with Crippen molar-refractivity contribution in [2.75, 3.05) is 32.8 Å². The number of aliphatic imine (C=N–C) groups is 1. The smallest absolute Gasteiger partial charge is 0.344 e. The number of hydrogen-bond acceptors (Lipinski definition) is 8. The zero-order valence-electron chi connectivity index (χ0n) is 30.7. The van der Waals surface area contributed by atoms with E-state index in [0.29, 0.717) is 50.4 Å². The zero-order chi connectivity index (χ0) is 39.7. The fourth-order valence-electron chi connectivity index (χ4n) is 5.87. The Balaban J connectivity index is 1.48. The molecule has 0 radical (unpaired) electrons. The van der Waals surface area contributed by atoms with E-state index in [1.54, 1.807) is 31.2 Å². The van der Waals surface area contributed by atoms with Gasteiger partial charge in [0, 0.05) is 63.4 Å². The van der Waals surface area contributed by atoms with E-state index in [1.807, 2.05) is 29.2 Å². The minimum Gasteiger partial charge on any atom is -0.508 e. The Kier molecular flexibility index (Phi) is 16.1. The average Bonchev–Trinajstić information content (AvgIpc) is 3.58. The highest BCUT2D eigenvalue weighted by molar-refractivity contribution is 5.92. The highest BCUT2D eigenvalue weighted by atomic mass is 19.1. The van der Waals surface area contributed by atoms with Gasteiger partial charge in [0.1, 0.15) is 35.2 Å². The van der Waals surface area contributed by atoms with Crippen molar-refractivity contribution >= 4 is 29.7 Å². The Morgan fingerprint density at radius 3 is 2.18 bits per heavy atom. The van der Waals surface area contributed by atoms with E-state index in [9.17, 15) is 33.1 Å². The monoisotopic (exact) mass is 765 g/mol. The number of rotatable bonds is 19. The van der Waals surface area contributed by atoms with Crippen LogP contribution in [0.1, 0.15) is 60.9 Å². The Bertz CT molecular complexity index is 1760. The summed E-state index contributed by atoms with van der Waals surface area (Å²) in [5.41, 5.74) is 13.8. The summed E-state index contributed by atoms with van der Waals surface area (Å²) in [4.78, 5) is 57.0. The number of halogens is 2. The minimum atomic E-state index is -1.16. The van der Waals surface area contributed by atoms with Crippen molar-refractivity contribution in [2.45, 2.75) is 64.3 Å². The summed E-state index contributed by atoms with van der Waals surface area (Å²) in [6.45, 7) is 3.55. The molecular weight excluding hydrogens is 716 g/mol. The molecule has 1 heterocycles. The minimum absolute atomic E-state index is 0.0581. The molecule has 1 aliphatic rings. The second-order valence-corrected chi connectivity index (χ2v) is 12.8. The zero-order valence-corrected chi connectivity index (χ0v) is 30.7. The molecule has 0 unspecified atom stereocenters. The van der Waals surface area contributed by atoms with E-state index in [4.69, 9.17) is 16.2 Å². The lowest BCUT2D eigenvalue weighted by Crippen LogP contribution is -2.50. The predicted molar refractivity (Wildman–Crippen MR) is 201 cm³/mol. The van der Waals surface area contributed by atoms with Crippen LogP contribution in [0.5, 0.6) is 11.5 Å². The van der Waals surface area contributed by atoms with Crippen molar-refractivity contribution in [1.82, 2.24) is 31.5 Å². The van der Waals surface area contributed by atoms with Crippen LogP contribution in [0.4, 0.5) is 13.6 Å². The highest BCUT2D eigenvalue weighted by Gasteiger charge is 2.34. The van der Waals surface area contributed by atoms with Crippen molar-refractivity contribution in [1.29, 1.82) is 0 Å². The molecule has 5 amide bonds. The van der Waals surface area contributed by atoms with E-state index in [1.165, 1.54) is 0 Å². The number of ether oxygens (including phenoxy) is 1. The van der Waals surface area contributed by atoms with E-state index >= 15 is 0 Å². The standard InChI is InChI=1S/C38H49F2N9O6/c1-2-33(51)43-16-17-45-38(54)48-37(42)44-15-5-9-32(35(52)46-21-29-30(39)19-27(50)20-31(29)40)47-36(53)34(49-22-25-7-3-4-8-26(25)23-49)24-10-12-28(13-11-24)55-18-6-14-41/h3-4,7-8,10-13,19-20,32,34,50H,2,5-6,9,14-18,21-23,41H2,1H3,(H,43,51)(H,46,52)(H,47,53)(H4,42,44,45,48,54)/t32-,34+/m1/s1. The molecule has 0 aromatic heterocycles. The summed E-state index contributed by atoms with van der Waals surface area (Å²) < 4.78 is 34.7. The second kappa shape index (κ2) is 21.2. The number of nitrogens with one attached hydrogen (secondary N) is 5. The summed E-state index contributed by atoms with van der Waals surface area (Å²) in [7, 11) is 0. The van der Waals surface area contributed by atoms with Gasteiger partial charge >= 0.3 is 6.03 Å². The molecule has 0 aliphatic carbocycles. The van der Waals surface area contributed by atoms with Crippen LogP contribution in [0.3, 0.4) is 0 Å². The Hall–Kier alpha value is -5.81. The molecule has 0 saturated heterocycles. The number of carbonyl (C=O) groups excluding carboxylic acids is 4. The van der Waals surface area contributed by atoms with Gasteiger partial charge in [0.05, 0.1) is 6.61 Å². The molecule has 0 fully saturated rings. The van der Waals surface area contributed by atoms with Gasteiger partial charge in [-0.3, -0.25) is 19.3 Å². The number of amides is 5. The summed E-state index contributed by atoms with van der Waals surface area (Å²) in [6, 6.07) is 13.7. The Morgan fingerprint density at radius 2 is 1.55 bits per heavy atom. The summed E-state index contributed by atoms with van der Waals surface area (Å²) in [6.07, 6.45) is 1.30. The van der Waals surface area contributed by atoms with Gasteiger partial charge in [0.2, 0.25) is 17.7 Å². The third-order valence-corrected chi connectivity index (χ3v) is 8.73. The van der Waals surface area contributed by atoms with Crippen LogP contribution >= 0.6 is 0 Å². The van der Waals surface area contributed by atoms with Gasteiger partial charge in [-0.2, -0.15) is 4.99 Å². The molecule has 4 rings (SSSR count). The molecule has 0 spiro atoms. The maximum atomic E-state index is 14.5. The van der Waals surface area contributed by atoms with Crippen LogP contribution in [0.2, 0.25) is 0 Å². The molecule has 0 saturated carbocycles. The fourth-order valence-corrected chi connectivity index (χ4v) is 5.87. The van der Waals surface area contributed by atoms with E-state index in [0.717, 1.165) is 23.3 Å². The second-order valence-electron chi connectivity index (χ2n) is 12.8. The number of phenols is 1. The van der Waals surface area contributed by atoms with Gasteiger partial charge in [-0.15, -0.1) is 0 Å². The SMILES string of the molecule is CCC(=O)NCCNC(=O)/N=C(/N)NCCC[C@@H](NC(=O)[C@H](c1ccc(OCCCN)cc1)N1Cc2ccccc2C1)C(=O)NCc1c(F)cc(O)cc1F. The third-order valence-electron chi connectivity index (χ3n) is 8.73. The van der Waals surface area contributed by atoms with Crippen LogP contribution < -0.4 is 42.8 Å². The highest BCUT2D eigenvalue weighted by Crippen LogP contribution is 2.32. The van der Waals surface area contributed by atoms with Gasteiger partial charge in [-0.1, -0.05) is 43.3 Å². The number of nitrogens with zero attached hydrogens (tertiary/aromatic N) is 2. The number of phenolic OH excluding ortho intramolecular Hbond substituents is 1. The molecule has 3 aromatic rings. The molecule has 15 nitrogen and oxygen atoms in total. The normalized spacial score (nSPS) is 13.6. The average molecular weight is 766 g/mol. The number of fused-ring (bicyclic) bond motifs is 1. The Morgan fingerprint density at radius 1 is 0.891 bits per heavy atom. The van der Waals surface area contributed by atoms with Gasteiger partial charge in [-0.25, -0.2) is 13.6 Å².